The minimum atomic E-state index is -0.134. The van der Waals surface area contributed by atoms with Gasteiger partial charge in [0.15, 0.2) is 0 Å². The van der Waals surface area contributed by atoms with Crippen LogP contribution in [0, 0.1) is 0 Å². The molecule has 0 spiro atoms. The van der Waals surface area contributed by atoms with E-state index >= 15 is 0 Å². The van der Waals surface area contributed by atoms with E-state index in [0.29, 0.717) is 12.2 Å². The van der Waals surface area contributed by atoms with Gasteiger partial charge in [-0.15, -0.1) is 6.58 Å². The molecule has 1 aromatic heterocycles. The van der Waals surface area contributed by atoms with Gasteiger partial charge in [-0.1, -0.05) is 11.2 Å². The molecule has 5 nitrogen and oxygen atoms in total. The maximum absolute atomic E-state index is 11.1. The van der Waals surface area contributed by atoms with Gasteiger partial charge in [0.25, 0.3) is 0 Å². The lowest BCUT2D eigenvalue weighted by atomic mass is 10.5. The highest BCUT2D eigenvalue weighted by Gasteiger charge is 2.01. The van der Waals surface area contributed by atoms with Crippen LogP contribution in [0.2, 0.25) is 0 Å². The van der Waals surface area contributed by atoms with Crippen LogP contribution in [-0.4, -0.2) is 24.2 Å². The van der Waals surface area contributed by atoms with Gasteiger partial charge in [0, 0.05) is 6.54 Å². The molecule has 5 heteroatoms. The molecule has 13 heavy (non-hydrogen) atoms. The number of carbonyl (C=O) groups is 1. The molecule has 0 bridgehead atoms. The summed E-state index contributed by atoms with van der Waals surface area (Å²) in [6.07, 6.45) is 4.49. The van der Waals surface area contributed by atoms with Gasteiger partial charge in [-0.3, -0.25) is 4.79 Å². The number of nitrogens with one attached hydrogen (secondary N) is 2. The summed E-state index contributed by atoms with van der Waals surface area (Å²) in [5.41, 5.74) is 0.561. The van der Waals surface area contributed by atoms with Gasteiger partial charge in [0.05, 0.1) is 12.7 Å². The second kappa shape index (κ2) is 5.10. The van der Waals surface area contributed by atoms with Crippen molar-refractivity contribution in [2.24, 2.45) is 0 Å². The first-order chi connectivity index (χ1) is 6.33. The molecule has 1 rings (SSSR count). The van der Waals surface area contributed by atoms with Crippen LogP contribution in [0.3, 0.4) is 0 Å². The Labute approximate surface area is 75.8 Å². The number of hydrogen-bond donors (Lipinski definition) is 2. The van der Waals surface area contributed by atoms with Crippen LogP contribution >= 0.6 is 0 Å². The van der Waals surface area contributed by atoms with Crippen LogP contribution in [-0.2, 0) is 4.79 Å². The van der Waals surface area contributed by atoms with E-state index in [2.05, 4.69) is 26.9 Å². The lowest BCUT2D eigenvalue weighted by molar-refractivity contribution is -0.115. The zero-order valence-electron chi connectivity index (χ0n) is 7.12. The van der Waals surface area contributed by atoms with Gasteiger partial charge in [-0.05, 0) is 0 Å². The molecule has 1 amide bonds. The third kappa shape index (κ3) is 3.53. The van der Waals surface area contributed by atoms with Gasteiger partial charge in [-0.25, -0.2) is 0 Å². The molecule has 2 N–H and O–H groups in total. The molecule has 0 atom stereocenters. The molecule has 0 aliphatic heterocycles. The minimum absolute atomic E-state index is 0.134. The molecule has 1 heterocycles. The Morgan fingerprint density at radius 3 is 3.23 bits per heavy atom. The average molecular weight is 181 g/mol. The number of hydrogen-bond acceptors (Lipinski definition) is 4. The van der Waals surface area contributed by atoms with Gasteiger partial charge in [0.2, 0.25) is 5.91 Å². The number of rotatable bonds is 5. The largest absolute Gasteiger partial charge is 0.363 e. The molecule has 0 fully saturated rings. The number of nitrogens with zero attached hydrogens (tertiary/aromatic N) is 1. The summed E-state index contributed by atoms with van der Waals surface area (Å²) in [6.45, 7) is 4.37. The molecular formula is C8H11N3O2. The van der Waals surface area contributed by atoms with E-state index in [1.54, 1.807) is 6.08 Å². The zero-order valence-corrected chi connectivity index (χ0v) is 7.12. The van der Waals surface area contributed by atoms with Gasteiger partial charge in [0.1, 0.15) is 12.0 Å². The second-order valence-corrected chi connectivity index (χ2v) is 2.38. The monoisotopic (exact) mass is 181 g/mol. The van der Waals surface area contributed by atoms with Gasteiger partial charge < -0.3 is 15.2 Å². The molecule has 0 saturated heterocycles. The Morgan fingerprint density at radius 2 is 2.62 bits per heavy atom. The van der Waals surface area contributed by atoms with E-state index in [1.807, 2.05) is 0 Å². The lowest BCUT2D eigenvalue weighted by Crippen LogP contribution is -2.27. The maximum Gasteiger partial charge on any atom is 0.238 e. The van der Waals surface area contributed by atoms with Gasteiger partial charge >= 0.3 is 0 Å². The fourth-order valence-corrected chi connectivity index (χ4v) is 0.760. The summed E-state index contributed by atoms with van der Waals surface area (Å²) < 4.78 is 4.54. The SMILES string of the molecule is C=CCNCC(=O)Nc1cnoc1. The van der Waals surface area contributed by atoms with Crippen molar-refractivity contribution in [3.05, 3.63) is 25.1 Å². The topological polar surface area (TPSA) is 67.2 Å². The van der Waals surface area contributed by atoms with E-state index in [0.717, 1.165) is 0 Å². The molecule has 0 aromatic carbocycles. The molecule has 0 saturated carbocycles. The first-order valence-corrected chi connectivity index (χ1v) is 3.84. The predicted octanol–water partition coefficient (Wildman–Crippen LogP) is 0.389. The molecule has 0 unspecified atom stereocenters. The van der Waals surface area contributed by atoms with E-state index < -0.39 is 0 Å². The van der Waals surface area contributed by atoms with Crippen LogP contribution < -0.4 is 10.6 Å². The number of anilines is 1. The quantitative estimate of drug-likeness (QED) is 0.509. The number of amides is 1. The summed E-state index contributed by atoms with van der Waals surface area (Å²) in [4.78, 5) is 11.1. The number of aromatic nitrogens is 1. The molecule has 0 aliphatic carbocycles. The zero-order chi connectivity index (χ0) is 9.52. The normalized spacial score (nSPS) is 9.54. The Morgan fingerprint density at radius 1 is 1.77 bits per heavy atom. The fraction of sp³-hybridized carbons (Fsp3) is 0.250. The first-order valence-electron chi connectivity index (χ1n) is 3.84. The standard InChI is InChI=1S/C8H11N3O2/c1-2-3-9-5-8(12)11-7-4-10-13-6-7/h2,4,6,9H,1,3,5H2,(H,11,12). The summed E-state index contributed by atoms with van der Waals surface area (Å²) >= 11 is 0. The van der Waals surface area contributed by atoms with Gasteiger partial charge in [-0.2, -0.15) is 0 Å². The highest BCUT2D eigenvalue weighted by molar-refractivity contribution is 5.91. The van der Waals surface area contributed by atoms with Crippen molar-refractivity contribution in [3.8, 4) is 0 Å². The van der Waals surface area contributed by atoms with Crippen molar-refractivity contribution in [2.45, 2.75) is 0 Å². The molecule has 0 aliphatic rings. The van der Waals surface area contributed by atoms with Crippen molar-refractivity contribution in [2.75, 3.05) is 18.4 Å². The van der Waals surface area contributed by atoms with Crippen molar-refractivity contribution in [1.82, 2.24) is 10.5 Å². The predicted molar refractivity (Wildman–Crippen MR) is 48.2 cm³/mol. The van der Waals surface area contributed by atoms with Crippen LogP contribution in [0.5, 0.6) is 0 Å². The van der Waals surface area contributed by atoms with Crippen molar-refractivity contribution >= 4 is 11.6 Å². The smallest absolute Gasteiger partial charge is 0.238 e. The molecular weight excluding hydrogens is 170 g/mol. The molecule has 0 radical (unpaired) electrons. The van der Waals surface area contributed by atoms with E-state index in [9.17, 15) is 4.79 Å². The van der Waals surface area contributed by atoms with Crippen molar-refractivity contribution in [3.63, 3.8) is 0 Å². The summed E-state index contributed by atoms with van der Waals surface area (Å²) in [7, 11) is 0. The first kappa shape index (κ1) is 9.47. The summed E-state index contributed by atoms with van der Waals surface area (Å²) in [6, 6.07) is 0. The Hall–Kier alpha value is -1.62. The van der Waals surface area contributed by atoms with Crippen LogP contribution in [0.25, 0.3) is 0 Å². The lowest BCUT2D eigenvalue weighted by Gasteiger charge is -2.01. The third-order valence-corrected chi connectivity index (χ3v) is 1.29. The Balaban J connectivity index is 2.22. The van der Waals surface area contributed by atoms with Crippen LogP contribution in [0.4, 0.5) is 5.69 Å². The van der Waals surface area contributed by atoms with E-state index in [4.69, 9.17) is 0 Å². The Kier molecular flexibility index (Phi) is 3.72. The maximum atomic E-state index is 11.1. The molecule has 70 valence electrons. The van der Waals surface area contributed by atoms with Crippen LogP contribution in [0.15, 0.2) is 29.6 Å². The highest BCUT2D eigenvalue weighted by Crippen LogP contribution is 2.02. The average Bonchev–Trinajstić information content (AvgIpc) is 2.57. The fourth-order valence-electron chi connectivity index (χ4n) is 0.760. The van der Waals surface area contributed by atoms with E-state index in [1.165, 1.54) is 12.5 Å². The minimum Gasteiger partial charge on any atom is -0.363 e. The third-order valence-electron chi connectivity index (χ3n) is 1.29. The van der Waals surface area contributed by atoms with E-state index in [-0.39, 0.29) is 12.5 Å². The van der Waals surface area contributed by atoms with Crippen molar-refractivity contribution in [1.29, 1.82) is 0 Å². The van der Waals surface area contributed by atoms with Crippen molar-refractivity contribution < 1.29 is 9.32 Å². The molecule has 1 aromatic rings. The summed E-state index contributed by atoms with van der Waals surface area (Å²) in [5.74, 6) is -0.134. The number of carbonyl (C=O) groups excluding carboxylic acids is 1. The second-order valence-electron chi connectivity index (χ2n) is 2.38. The van der Waals surface area contributed by atoms with Crippen LogP contribution in [0.1, 0.15) is 0 Å². The Bertz CT molecular complexity index is 269. The highest BCUT2D eigenvalue weighted by atomic mass is 16.5. The summed E-state index contributed by atoms with van der Waals surface area (Å²) in [5, 5.41) is 8.90.